The molecular formula is C32H36FN3O6S. The molecule has 0 aromatic heterocycles. The highest BCUT2D eigenvalue weighted by Crippen LogP contribution is 2.34. The van der Waals surface area contributed by atoms with Crippen LogP contribution in [0.2, 0.25) is 0 Å². The highest BCUT2D eigenvalue weighted by Gasteiger charge is 2.35. The van der Waals surface area contributed by atoms with Crippen molar-refractivity contribution in [2.24, 2.45) is 0 Å². The van der Waals surface area contributed by atoms with Gasteiger partial charge in [0, 0.05) is 18.7 Å². The van der Waals surface area contributed by atoms with Gasteiger partial charge in [0.25, 0.3) is 10.0 Å². The van der Waals surface area contributed by atoms with Crippen LogP contribution in [0.3, 0.4) is 0 Å². The van der Waals surface area contributed by atoms with Crippen LogP contribution in [0.15, 0.2) is 77.7 Å². The minimum Gasteiger partial charge on any atom is -0.486 e. The van der Waals surface area contributed by atoms with E-state index in [1.165, 1.54) is 35.2 Å². The first-order chi connectivity index (χ1) is 20.8. The molecule has 5 rings (SSSR count). The van der Waals surface area contributed by atoms with Crippen molar-refractivity contribution in [3.63, 3.8) is 0 Å². The van der Waals surface area contributed by atoms with E-state index in [1.54, 1.807) is 0 Å². The first-order valence-electron chi connectivity index (χ1n) is 14.6. The molecule has 0 radical (unpaired) electrons. The number of benzene rings is 3. The molecule has 2 aliphatic rings. The largest absolute Gasteiger partial charge is 0.486 e. The van der Waals surface area contributed by atoms with Crippen molar-refractivity contribution in [1.29, 1.82) is 0 Å². The van der Waals surface area contributed by atoms with Gasteiger partial charge in [0.1, 0.15) is 31.6 Å². The maximum absolute atomic E-state index is 14.2. The molecule has 3 aromatic carbocycles. The molecule has 0 spiro atoms. The molecule has 43 heavy (non-hydrogen) atoms. The predicted molar refractivity (Wildman–Crippen MR) is 160 cm³/mol. The van der Waals surface area contributed by atoms with Crippen LogP contribution in [0.1, 0.15) is 44.6 Å². The third-order valence-electron chi connectivity index (χ3n) is 7.78. The molecule has 0 saturated heterocycles. The highest BCUT2D eigenvalue weighted by molar-refractivity contribution is 7.92. The molecule has 3 aromatic rings. The normalized spacial score (nSPS) is 15.5. The maximum atomic E-state index is 14.2. The standard InChI is InChI=1S/C32H36FN3O6S/c1-2-28(32(38)34-25-10-6-7-11-25)35(21-23-8-4-3-5-9-23)31(37)22-36(26-14-12-24(33)13-15-26)43(39,40)27-16-17-29-30(20-27)42-19-18-41-29/h3-5,8-9,12-17,20,25,28H,2,6-7,10-11,18-19,21-22H2,1H3,(H,34,38)/t28-/m1/s1. The Labute approximate surface area is 251 Å². The van der Waals surface area contributed by atoms with E-state index in [4.69, 9.17) is 9.47 Å². The number of nitrogens with one attached hydrogen (secondary N) is 1. The predicted octanol–water partition coefficient (Wildman–Crippen LogP) is 4.66. The van der Waals surface area contributed by atoms with E-state index in [0.717, 1.165) is 47.7 Å². The maximum Gasteiger partial charge on any atom is 0.264 e. The van der Waals surface area contributed by atoms with Crippen molar-refractivity contribution in [3.05, 3.63) is 84.2 Å². The fraction of sp³-hybridized carbons (Fsp3) is 0.375. The summed E-state index contributed by atoms with van der Waals surface area (Å²) < 4.78 is 54.2. The van der Waals surface area contributed by atoms with Crippen molar-refractivity contribution in [3.8, 4) is 11.5 Å². The number of amides is 2. The molecule has 1 heterocycles. The molecule has 228 valence electrons. The van der Waals surface area contributed by atoms with Crippen molar-refractivity contribution in [2.75, 3.05) is 24.1 Å². The molecule has 1 fully saturated rings. The zero-order valence-corrected chi connectivity index (χ0v) is 24.9. The first kappa shape index (κ1) is 30.3. The number of carbonyl (C=O) groups excluding carboxylic acids is 2. The number of fused-ring (bicyclic) bond motifs is 1. The number of nitrogens with zero attached hydrogens (tertiary/aromatic N) is 2. The minimum absolute atomic E-state index is 0.0570. The van der Waals surface area contributed by atoms with Gasteiger partial charge in [0.2, 0.25) is 11.8 Å². The summed E-state index contributed by atoms with van der Waals surface area (Å²) in [6.07, 6.45) is 4.20. The third kappa shape index (κ3) is 7.10. The smallest absolute Gasteiger partial charge is 0.264 e. The van der Waals surface area contributed by atoms with Crippen molar-refractivity contribution in [1.82, 2.24) is 10.2 Å². The molecule has 11 heteroatoms. The second-order valence-corrected chi connectivity index (χ2v) is 12.6. The molecule has 1 aliphatic carbocycles. The van der Waals surface area contributed by atoms with Gasteiger partial charge in [-0.05, 0) is 61.2 Å². The third-order valence-corrected chi connectivity index (χ3v) is 9.55. The Balaban J connectivity index is 1.49. The van der Waals surface area contributed by atoms with Gasteiger partial charge in [-0.1, -0.05) is 50.1 Å². The van der Waals surface area contributed by atoms with Crippen LogP contribution in [0.4, 0.5) is 10.1 Å². The highest BCUT2D eigenvalue weighted by atomic mass is 32.2. The first-order valence-corrected chi connectivity index (χ1v) is 16.0. The number of anilines is 1. The van der Waals surface area contributed by atoms with E-state index in [1.807, 2.05) is 37.3 Å². The van der Waals surface area contributed by atoms with Gasteiger partial charge in [-0.15, -0.1) is 0 Å². The van der Waals surface area contributed by atoms with Crippen LogP contribution in [-0.2, 0) is 26.2 Å². The monoisotopic (exact) mass is 609 g/mol. The Hall–Kier alpha value is -4.12. The van der Waals surface area contributed by atoms with Gasteiger partial charge < -0.3 is 19.7 Å². The lowest BCUT2D eigenvalue weighted by Crippen LogP contribution is -2.53. The van der Waals surface area contributed by atoms with Crippen LogP contribution in [-0.4, -0.2) is 57.0 Å². The molecule has 9 nitrogen and oxygen atoms in total. The summed E-state index contributed by atoms with van der Waals surface area (Å²) in [4.78, 5) is 29.0. The Kier molecular flexibility index (Phi) is 9.49. The van der Waals surface area contributed by atoms with Crippen LogP contribution in [0, 0.1) is 5.82 Å². The Morgan fingerprint density at radius 2 is 1.63 bits per heavy atom. The summed E-state index contributed by atoms with van der Waals surface area (Å²) in [6.45, 7) is 1.94. The molecule has 0 bridgehead atoms. The van der Waals surface area contributed by atoms with Crippen molar-refractivity contribution < 1.29 is 31.9 Å². The number of rotatable bonds is 11. The van der Waals surface area contributed by atoms with Gasteiger partial charge in [-0.25, -0.2) is 12.8 Å². The average Bonchev–Trinajstić information content (AvgIpc) is 3.53. The summed E-state index contributed by atoms with van der Waals surface area (Å²) in [7, 11) is -4.35. The molecule has 1 atom stereocenters. The number of carbonyl (C=O) groups is 2. The van der Waals surface area contributed by atoms with E-state index in [9.17, 15) is 22.4 Å². The van der Waals surface area contributed by atoms with Crippen LogP contribution >= 0.6 is 0 Å². The van der Waals surface area contributed by atoms with Gasteiger partial charge >= 0.3 is 0 Å². The van der Waals surface area contributed by atoms with Crippen molar-refractivity contribution >= 4 is 27.5 Å². The zero-order valence-electron chi connectivity index (χ0n) is 24.1. The van der Waals surface area contributed by atoms with Gasteiger partial charge in [-0.3, -0.25) is 13.9 Å². The molecule has 0 unspecified atom stereocenters. The second kappa shape index (κ2) is 13.5. The summed E-state index contributed by atoms with van der Waals surface area (Å²) >= 11 is 0. The Morgan fingerprint density at radius 3 is 2.30 bits per heavy atom. The lowest BCUT2D eigenvalue weighted by atomic mass is 10.1. The van der Waals surface area contributed by atoms with E-state index in [2.05, 4.69) is 5.32 Å². The zero-order chi connectivity index (χ0) is 30.4. The number of hydrogen-bond donors (Lipinski definition) is 1. The SMILES string of the molecule is CC[C@H](C(=O)NC1CCCC1)N(Cc1ccccc1)C(=O)CN(c1ccc(F)cc1)S(=O)(=O)c1ccc2c(c1)OCCO2. The Morgan fingerprint density at radius 1 is 0.953 bits per heavy atom. The van der Waals surface area contributed by atoms with Gasteiger partial charge in [0.05, 0.1) is 10.6 Å². The average molecular weight is 610 g/mol. The van der Waals surface area contributed by atoms with E-state index >= 15 is 0 Å². The lowest BCUT2D eigenvalue weighted by molar-refractivity contribution is -0.140. The van der Waals surface area contributed by atoms with Crippen LogP contribution in [0.5, 0.6) is 11.5 Å². The topological polar surface area (TPSA) is 105 Å². The molecule has 1 saturated carbocycles. The lowest BCUT2D eigenvalue weighted by Gasteiger charge is -2.34. The number of halogens is 1. The molecular weight excluding hydrogens is 573 g/mol. The molecule has 1 N–H and O–H groups in total. The van der Waals surface area contributed by atoms with Crippen LogP contribution in [0.25, 0.3) is 0 Å². The molecule has 1 aliphatic heterocycles. The molecule has 2 amide bonds. The van der Waals surface area contributed by atoms with Crippen LogP contribution < -0.4 is 19.1 Å². The van der Waals surface area contributed by atoms with Crippen molar-refractivity contribution in [2.45, 2.75) is 62.6 Å². The summed E-state index contributed by atoms with van der Waals surface area (Å²) in [6, 6.07) is 17.6. The van der Waals surface area contributed by atoms with E-state index < -0.39 is 34.3 Å². The summed E-state index contributed by atoms with van der Waals surface area (Å²) in [5.41, 5.74) is 0.902. The minimum atomic E-state index is -4.35. The number of hydrogen-bond acceptors (Lipinski definition) is 6. The quantitative estimate of drug-likeness (QED) is 0.339. The van der Waals surface area contributed by atoms with Gasteiger partial charge in [-0.2, -0.15) is 0 Å². The van der Waals surface area contributed by atoms with E-state index in [0.29, 0.717) is 18.8 Å². The summed E-state index contributed by atoms with van der Waals surface area (Å²) in [5, 5.41) is 3.10. The van der Waals surface area contributed by atoms with Gasteiger partial charge in [0.15, 0.2) is 11.5 Å². The summed E-state index contributed by atoms with van der Waals surface area (Å²) in [5.74, 6) is -0.683. The number of sulfonamides is 1. The Bertz CT molecular complexity index is 1530. The fourth-order valence-electron chi connectivity index (χ4n) is 5.51. The fourth-order valence-corrected chi connectivity index (χ4v) is 6.94. The number of ether oxygens (including phenoxy) is 2. The second-order valence-electron chi connectivity index (χ2n) is 10.7. The van der Waals surface area contributed by atoms with E-state index in [-0.39, 0.29) is 41.4 Å².